The lowest BCUT2D eigenvalue weighted by atomic mass is 9.82. The highest BCUT2D eigenvalue weighted by atomic mass is 16.3. The van der Waals surface area contributed by atoms with Crippen LogP contribution in [0.1, 0.15) is 25.0 Å². The number of hydrogen-bond acceptors (Lipinski definition) is 3. The minimum absolute atomic E-state index is 0.0621. The van der Waals surface area contributed by atoms with Crippen LogP contribution in [0.3, 0.4) is 0 Å². The number of fused-ring (bicyclic) bond motifs is 8. The van der Waals surface area contributed by atoms with Crippen LogP contribution >= 0.6 is 0 Å². The number of hydrogen-bond donors (Lipinski definition) is 0. The van der Waals surface area contributed by atoms with Crippen molar-refractivity contribution in [3.8, 4) is 33.8 Å². The number of furan rings is 1. The van der Waals surface area contributed by atoms with Gasteiger partial charge < -0.3 is 4.42 Å². The fourth-order valence-corrected chi connectivity index (χ4v) is 6.27. The summed E-state index contributed by atoms with van der Waals surface area (Å²) in [7, 11) is 0. The molecule has 8 rings (SSSR count). The largest absolute Gasteiger partial charge is 0.455 e. The molecule has 0 unspecified atom stereocenters. The van der Waals surface area contributed by atoms with Gasteiger partial charge in [-0.2, -0.15) is 0 Å². The Bertz CT molecular complexity index is 2050. The first-order valence-electron chi connectivity index (χ1n) is 13.0. The van der Waals surface area contributed by atoms with Crippen molar-refractivity contribution in [1.29, 1.82) is 0 Å². The standard InChI is InChI=1S/C35H24N2O/c1-35(2)26-17-8-6-13-22(26)30-27(35)19-20-29-31(30)24-15-10-16-25(33(24)38-29)34-36-28-18-9-7-14-23(28)32(37-34)21-11-4-3-5-12-21/h3-20H,1-2H3. The van der Waals surface area contributed by atoms with E-state index in [1.807, 2.05) is 30.3 Å². The van der Waals surface area contributed by atoms with Gasteiger partial charge in [-0.05, 0) is 40.5 Å². The van der Waals surface area contributed by atoms with E-state index in [1.54, 1.807) is 0 Å². The summed E-state index contributed by atoms with van der Waals surface area (Å²) in [5.74, 6) is 0.671. The van der Waals surface area contributed by atoms with Crippen LogP contribution < -0.4 is 0 Å². The maximum absolute atomic E-state index is 6.62. The Balaban J connectivity index is 1.44. The van der Waals surface area contributed by atoms with Gasteiger partial charge >= 0.3 is 0 Å². The normalized spacial score (nSPS) is 13.7. The second-order valence-electron chi connectivity index (χ2n) is 10.6. The van der Waals surface area contributed by atoms with Crippen molar-refractivity contribution >= 4 is 32.8 Å². The summed E-state index contributed by atoms with van der Waals surface area (Å²) >= 11 is 0. The Labute approximate surface area is 220 Å². The van der Waals surface area contributed by atoms with Gasteiger partial charge in [0.1, 0.15) is 11.2 Å². The van der Waals surface area contributed by atoms with Gasteiger partial charge in [-0.1, -0.05) is 105 Å². The molecule has 0 N–H and O–H groups in total. The van der Waals surface area contributed by atoms with Crippen LogP contribution in [-0.4, -0.2) is 9.97 Å². The smallest absolute Gasteiger partial charge is 0.164 e. The van der Waals surface area contributed by atoms with E-state index in [9.17, 15) is 0 Å². The fourth-order valence-electron chi connectivity index (χ4n) is 6.27. The number of benzene rings is 5. The molecule has 2 heterocycles. The highest BCUT2D eigenvalue weighted by molar-refractivity contribution is 6.17. The molecule has 38 heavy (non-hydrogen) atoms. The molecule has 2 aromatic heterocycles. The van der Waals surface area contributed by atoms with Crippen LogP contribution in [0.15, 0.2) is 114 Å². The summed E-state index contributed by atoms with van der Waals surface area (Å²) in [4.78, 5) is 10.1. The maximum atomic E-state index is 6.62. The molecule has 0 amide bonds. The van der Waals surface area contributed by atoms with Crippen LogP contribution in [0.25, 0.3) is 66.6 Å². The lowest BCUT2D eigenvalue weighted by Gasteiger charge is -2.21. The van der Waals surface area contributed by atoms with E-state index < -0.39 is 0 Å². The average molecular weight is 489 g/mol. The second kappa shape index (κ2) is 7.62. The Morgan fingerprint density at radius 1 is 0.605 bits per heavy atom. The zero-order valence-corrected chi connectivity index (χ0v) is 21.2. The molecule has 0 aliphatic heterocycles. The van der Waals surface area contributed by atoms with Crippen LogP contribution in [0.5, 0.6) is 0 Å². The summed E-state index contributed by atoms with van der Waals surface area (Å²) in [6, 6.07) is 38.0. The van der Waals surface area contributed by atoms with Gasteiger partial charge in [0.05, 0.1) is 16.8 Å². The number of rotatable bonds is 2. The molecular formula is C35H24N2O. The third-order valence-corrected chi connectivity index (χ3v) is 8.10. The lowest BCUT2D eigenvalue weighted by molar-refractivity contribution is 0.657. The molecule has 180 valence electrons. The Morgan fingerprint density at radius 2 is 1.34 bits per heavy atom. The first-order chi connectivity index (χ1) is 18.6. The van der Waals surface area contributed by atoms with Crippen molar-refractivity contribution in [2.24, 2.45) is 0 Å². The molecule has 3 heteroatoms. The number of aromatic nitrogens is 2. The molecule has 5 aromatic carbocycles. The third kappa shape index (κ3) is 2.84. The van der Waals surface area contributed by atoms with Crippen LogP contribution in [-0.2, 0) is 5.41 Å². The zero-order chi connectivity index (χ0) is 25.4. The fraction of sp³-hybridized carbons (Fsp3) is 0.0857. The van der Waals surface area contributed by atoms with E-state index in [-0.39, 0.29) is 5.41 Å². The SMILES string of the molecule is CC1(C)c2ccccc2-c2c1ccc1oc3c(-c4nc(-c5ccccc5)c5ccccc5n4)cccc3c21. The Morgan fingerprint density at radius 3 is 2.24 bits per heavy atom. The van der Waals surface area contributed by atoms with Gasteiger partial charge in [-0.15, -0.1) is 0 Å². The van der Waals surface area contributed by atoms with Gasteiger partial charge in [0.15, 0.2) is 5.82 Å². The molecule has 0 radical (unpaired) electrons. The monoisotopic (exact) mass is 488 g/mol. The van der Waals surface area contributed by atoms with E-state index >= 15 is 0 Å². The first kappa shape index (κ1) is 21.3. The van der Waals surface area contributed by atoms with Gasteiger partial charge in [0.25, 0.3) is 0 Å². The maximum Gasteiger partial charge on any atom is 0.164 e. The van der Waals surface area contributed by atoms with Crippen molar-refractivity contribution in [1.82, 2.24) is 9.97 Å². The summed E-state index contributed by atoms with van der Waals surface area (Å²) < 4.78 is 6.62. The van der Waals surface area contributed by atoms with Crippen molar-refractivity contribution in [2.45, 2.75) is 19.3 Å². The van der Waals surface area contributed by atoms with Crippen molar-refractivity contribution in [2.75, 3.05) is 0 Å². The van der Waals surface area contributed by atoms with Crippen LogP contribution in [0.2, 0.25) is 0 Å². The van der Waals surface area contributed by atoms with Gasteiger partial charge in [-0.25, -0.2) is 9.97 Å². The van der Waals surface area contributed by atoms with E-state index in [0.29, 0.717) is 5.82 Å². The molecule has 7 aromatic rings. The molecule has 3 nitrogen and oxygen atoms in total. The molecule has 0 spiro atoms. The molecule has 0 saturated heterocycles. The summed E-state index contributed by atoms with van der Waals surface area (Å²) in [5.41, 5.74) is 10.7. The Hall–Kier alpha value is -4.76. The quantitative estimate of drug-likeness (QED) is 0.243. The molecule has 0 atom stereocenters. The lowest BCUT2D eigenvalue weighted by Crippen LogP contribution is -2.14. The van der Waals surface area contributed by atoms with E-state index in [0.717, 1.165) is 44.3 Å². The Kier molecular flexibility index (Phi) is 4.28. The van der Waals surface area contributed by atoms with E-state index in [2.05, 4.69) is 92.7 Å². The van der Waals surface area contributed by atoms with Gasteiger partial charge in [0.2, 0.25) is 0 Å². The van der Waals surface area contributed by atoms with Crippen molar-refractivity contribution < 1.29 is 4.42 Å². The summed E-state index contributed by atoms with van der Waals surface area (Å²) in [5, 5.41) is 3.30. The van der Waals surface area contributed by atoms with Gasteiger partial charge in [-0.3, -0.25) is 0 Å². The minimum Gasteiger partial charge on any atom is -0.455 e. The molecule has 0 bridgehead atoms. The first-order valence-corrected chi connectivity index (χ1v) is 13.0. The predicted octanol–water partition coefficient (Wildman–Crippen LogP) is 9.17. The van der Waals surface area contributed by atoms with E-state index in [4.69, 9.17) is 14.4 Å². The second-order valence-corrected chi connectivity index (χ2v) is 10.6. The molecule has 1 aliphatic carbocycles. The summed E-state index contributed by atoms with van der Waals surface area (Å²) in [6.07, 6.45) is 0. The predicted molar refractivity (Wildman–Crippen MR) is 155 cm³/mol. The molecule has 1 aliphatic rings. The van der Waals surface area contributed by atoms with Crippen molar-refractivity contribution in [3.05, 3.63) is 120 Å². The topological polar surface area (TPSA) is 38.9 Å². The zero-order valence-electron chi connectivity index (χ0n) is 21.2. The molecular weight excluding hydrogens is 464 g/mol. The summed E-state index contributed by atoms with van der Waals surface area (Å²) in [6.45, 7) is 4.62. The minimum atomic E-state index is -0.0621. The van der Waals surface area contributed by atoms with Crippen LogP contribution in [0.4, 0.5) is 0 Å². The molecule has 0 saturated carbocycles. The van der Waals surface area contributed by atoms with Gasteiger partial charge in [0, 0.05) is 27.1 Å². The van der Waals surface area contributed by atoms with Crippen LogP contribution in [0, 0.1) is 0 Å². The molecule has 0 fully saturated rings. The van der Waals surface area contributed by atoms with E-state index in [1.165, 1.54) is 27.6 Å². The highest BCUT2D eigenvalue weighted by Crippen LogP contribution is 2.53. The highest BCUT2D eigenvalue weighted by Gasteiger charge is 2.37. The van der Waals surface area contributed by atoms with Crippen molar-refractivity contribution in [3.63, 3.8) is 0 Å². The third-order valence-electron chi connectivity index (χ3n) is 8.10. The average Bonchev–Trinajstić information content (AvgIpc) is 3.45. The number of nitrogens with zero attached hydrogens (tertiary/aromatic N) is 2. The number of para-hydroxylation sites is 2.